The molecule has 6 heteroatoms. The van der Waals surface area contributed by atoms with E-state index in [0.29, 0.717) is 23.6 Å². The molecule has 2 aliphatic heterocycles. The molecule has 0 radical (unpaired) electrons. The minimum atomic E-state index is -0.0929. The highest BCUT2D eigenvalue weighted by atomic mass is 16.5. The van der Waals surface area contributed by atoms with Gasteiger partial charge in [0.2, 0.25) is 0 Å². The van der Waals surface area contributed by atoms with Crippen LogP contribution in [0.15, 0.2) is 10.6 Å². The molecule has 2 unspecified atom stereocenters. The number of likely N-dealkylation sites (tertiary alicyclic amines) is 1. The zero-order valence-corrected chi connectivity index (χ0v) is 13.8. The summed E-state index contributed by atoms with van der Waals surface area (Å²) in [5.74, 6) is 1.74. The summed E-state index contributed by atoms with van der Waals surface area (Å²) in [4.78, 5) is 15.0. The molecule has 1 aromatic heterocycles. The van der Waals surface area contributed by atoms with Gasteiger partial charge in [0, 0.05) is 37.2 Å². The molecule has 1 aromatic rings. The van der Waals surface area contributed by atoms with E-state index in [-0.39, 0.29) is 11.9 Å². The Hall–Kier alpha value is -1.40. The first-order valence-electron chi connectivity index (χ1n) is 8.93. The quantitative estimate of drug-likeness (QED) is 0.877. The number of amides is 1. The van der Waals surface area contributed by atoms with Crippen LogP contribution < -0.4 is 10.6 Å². The van der Waals surface area contributed by atoms with Crippen molar-refractivity contribution in [1.82, 2.24) is 20.7 Å². The lowest BCUT2D eigenvalue weighted by atomic mass is 10.1. The van der Waals surface area contributed by atoms with Gasteiger partial charge < -0.3 is 15.2 Å². The van der Waals surface area contributed by atoms with Crippen LogP contribution in [-0.4, -0.2) is 54.2 Å². The summed E-state index contributed by atoms with van der Waals surface area (Å²) in [6.07, 6.45) is 4.73. The maximum Gasteiger partial charge on any atom is 0.273 e. The SMILES string of the molecule is CC1CN(C2CCNCC2)CC1NC(=O)c1cc(C2CC2)on1. The fourth-order valence-electron chi connectivity index (χ4n) is 3.86. The predicted molar refractivity (Wildman–Crippen MR) is 86.4 cm³/mol. The molecular weight excluding hydrogens is 292 g/mol. The van der Waals surface area contributed by atoms with Crippen LogP contribution in [0.1, 0.15) is 54.8 Å². The van der Waals surface area contributed by atoms with Crippen LogP contribution in [0, 0.1) is 5.92 Å². The Balaban J connectivity index is 1.34. The van der Waals surface area contributed by atoms with Crippen LogP contribution in [-0.2, 0) is 0 Å². The molecule has 1 aliphatic carbocycles. The van der Waals surface area contributed by atoms with Gasteiger partial charge in [0.05, 0.1) is 0 Å². The largest absolute Gasteiger partial charge is 0.360 e. The number of piperidine rings is 1. The Kier molecular flexibility index (Phi) is 4.11. The first kappa shape index (κ1) is 15.1. The van der Waals surface area contributed by atoms with Crippen molar-refractivity contribution in [2.24, 2.45) is 5.92 Å². The number of rotatable bonds is 4. The van der Waals surface area contributed by atoms with Gasteiger partial charge >= 0.3 is 0 Å². The third-order valence-corrected chi connectivity index (χ3v) is 5.52. The summed E-state index contributed by atoms with van der Waals surface area (Å²) in [5.41, 5.74) is 0.430. The van der Waals surface area contributed by atoms with Gasteiger partial charge in [-0.25, -0.2) is 0 Å². The standard InChI is InChI=1S/C17H26N4O2/c1-11-9-21(13-4-6-18-7-5-13)10-15(11)19-17(22)14-8-16(23-20-14)12-2-3-12/h8,11-13,15,18H,2-7,9-10H2,1H3,(H,19,22). The highest BCUT2D eigenvalue weighted by molar-refractivity contribution is 5.92. The molecule has 2 N–H and O–H groups in total. The van der Waals surface area contributed by atoms with Crippen LogP contribution in [0.2, 0.25) is 0 Å². The van der Waals surface area contributed by atoms with E-state index in [2.05, 4.69) is 27.6 Å². The van der Waals surface area contributed by atoms with E-state index < -0.39 is 0 Å². The second kappa shape index (κ2) is 6.24. The van der Waals surface area contributed by atoms with Crippen molar-refractivity contribution >= 4 is 5.91 Å². The number of carbonyl (C=O) groups is 1. The first-order valence-corrected chi connectivity index (χ1v) is 8.93. The molecule has 4 rings (SSSR count). The molecular formula is C17H26N4O2. The summed E-state index contributed by atoms with van der Waals surface area (Å²) >= 11 is 0. The molecule has 3 fully saturated rings. The van der Waals surface area contributed by atoms with Crippen LogP contribution in [0.5, 0.6) is 0 Å². The zero-order chi connectivity index (χ0) is 15.8. The Morgan fingerprint density at radius 1 is 1.30 bits per heavy atom. The number of carbonyl (C=O) groups excluding carboxylic acids is 1. The smallest absolute Gasteiger partial charge is 0.273 e. The Morgan fingerprint density at radius 2 is 2.09 bits per heavy atom. The molecule has 3 aliphatic rings. The van der Waals surface area contributed by atoms with Crippen LogP contribution in [0.4, 0.5) is 0 Å². The number of hydrogen-bond acceptors (Lipinski definition) is 5. The lowest BCUT2D eigenvalue weighted by Crippen LogP contribution is -2.44. The Labute approximate surface area is 137 Å². The average Bonchev–Trinajstić information content (AvgIpc) is 3.18. The van der Waals surface area contributed by atoms with E-state index in [1.165, 1.54) is 12.8 Å². The molecule has 1 amide bonds. The van der Waals surface area contributed by atoms with Gasteiger partial charge in [0.15, 0.2) is 5.69 Å². The molecule has 2 atom stereocenters. The van der Waals surface area contributed by atoms with Gasteiger partial charge in [-0.3, -0.25) is 9.69 Å². The summed E-state index contributed by atoms with van der Waals surface area (Å²) in [6, 6.07) is 2.68. The lowest BCUT2D eigenvalue weighted by Gasteiger charge is -2.31. The van der Waals surface area contributed by atoms with E-state index in [4.69, 9.17) is 4.52 Å². The van der Waals surface area contributed by atoms with Crippen molar-refractivity contribution in [1.29, 1.82) is 0 Å². The van der Waals surface area contributed by atoms with Gasteiger partial charge in [0.25, 0.3) is 5.91 Å². The number of aromatic nitrogens is 1. The molecule has 2 saturated heterocycles. The predicted octanol–water partition coefficient (Wildman–Crippen LogP) is 1.35. The van der Waals surface area contributed by atoms with Crippen molar-refractivity contribution in [3.8, 4) is 0 Å². The number of hydrogen-bond donors (Lipinski definition) is 2. The maximum atomic E-state index is 12.4. The van der Waals surface area contributed by atoms with Gasteiger partial charge in [-0.1, -0.05) is 12.1 Å². The van der Waals surface area contributed by atoms with E-state index in [0.717, 1.165) is 44.8 Å². The molecule has 0 bridgehead atoms. The van der Waals surface area contributed by atoms with Crippen molar-refractivity contribution in [2.45, 2.75) is 50.6 Å². The van der Waals surface area contributed by atoms with Gasteiger partial charge in [-0.2, -0.15) is 0 Å². The summed E-state index contributed by atoms with van der Waals surface area (Å²) in [7, 11) is 0. The number of nitrogens with zero attached hydrogens (tertiary/aromatic N) is 2. The van der Waals surface area contributed by atoms with Crippen molar-refractivity contribution < 1.29 is 9.32 Å². The number of nitrogens with one attached hydrogen (secondary N) is 2. The minimum Gasteiger partial charge on any atom is -0.360 e. The zero-order valence-electron chi connectivity index (χ0n) is 13.8. The Morgan fingerprint density at radius 3 is 2.83 bits per heavy atom. The van der Waals surface area contributed by atoms with Crippen LogP contribution >= 0.6 is 0 Å². The van der Waals surface area contributed by atoms with Gasteiger partial charge in [0.1, 0.15) is 5.76 Å². The topological polar surface area (TPSA) is 70.4 Å². The molecule has 1 saturated carbocycles. The third kappa shape index (κ3) is 3.28. The molecule has 6 nitrogen and oxygen atoms in total. The van der Waals surface area contributed by atoms with Crippen molar-refractivity contribution in [2.75, 3.05) is 26.2 Å². The fraction of sp³-hybridized carbons (Fsp3) is 0.765. The molecule has 126 valence electrons. The van der Waals surface area contributed by atoms with Crippen molar-refractivity contribution in [3.63, 3.8) is 0 Å². The summed E-state index contributed by atoms with van der Waals surface area (Å²) in [5, 5.41) is 10.5. The molecule has 23 heavy (non-hydrogen) atoms. The molecule has 3 heterocycles. The minimum absolute atomic E-state index is 0.0929. The normalized spacial score (nSPS) is 29.8. The summed E-state index contributed by atoms with van der Waals surface area (Å²) in [6.45, 7) is 6.46. The second-order valence-electron chi connectivity index (χ2n) is 7.38. The van der Waals surface area contributed by atoms with Gasteiger partial charge in [-0.05, 0) is 44.7 Å². The van der Waals surface area contributed by atoms with Crippen LogP contribution in [0.3, 0.4) is 0 Å². The monoisotopic (exact) mass is 318 g/mol. The summed E-state index contributed by atoms with van der Waals surface area (Å²) < 4.78 is 5.29. The van der Waals surface area contributed by atoms with E-state index >= 15 is 0 Å². The van der Waals surface area contributed by atoms with E-state index in [1.54, 1.807) is 0 Å². The van der Waals surface area contributed by atoms with Gasteiger partial charge in [-0.15, -0.1) is 0 Å². The van der Waals surface area contributed by atoms with Crippen molar-refractivity contribution in [3.05, 3.63) is 17.5 Å². The molecule has 0 spiro atoms. The third-order valence-electron chi connectivity index (χ3n) is 5.52. The fourth-order valence-corrected chi connectivity index (χ4v) is 3.86. The first-order chi connectivity index (χ1) is 11.2. The lowest BCUT2D eigenvalue weighted by molar-refractivity contribution is 0.0920. The maximum absolute atomic E-state index is 12.4. The second-order valence-corrected chi connectivity index (χ2v) is 7.38. The highest BCUT2D eigenvalue weighted by Crippen LogP contribution is 2.40. The van der Waals surface area contributed by atoms with E-state index in [9.17, 15) is 4.79 Å². The Bertz CT molecular complexity index is 563. The van der Waals surface area contributed by atoms with E-state index in [1.807, 2.05) is 6.07 Å². The molecule has 0 aromatic carbocycles. The average molecular weight is 318 g/mol. The van der Waals surface area contributed by atoms with Crippen LogP contribution in [0.25, 0.3) is 0 Å². The highest BCUT2D eigenvalue weighted by Gasteiger charge is 2.35.